The van der Waals surface area contributed by atoms with Crippen LogP contribution in [-0.4, -0.2) is 24.0 Å². The van der Waals surface area contributed by atoms with Gasteiger partial charge in [0.25, 0.3) is 0 Å². The Hall–Kier alpha value is -0.870. The van der Waals surface area contributed by atoms with Crippen molar-refractivity contribution in [1.29, 1.82) is 0 Å². The zero-order valence-electron chi connectivity index (χ0n) is 12.3. The quantitative estimate of drug-likeness (QED) is 0.929. The third-order valence-electron chi connectivity index (χ3n) is 4.23. The second-order valence-electron chi connectivity index (χ2n) is 5.75. The lowest BCUT2D eigenvalue weighted by Crippen LogP contribution is -2.40. The van der Waals surface area contributed by atoms with E-state index in [0.29, 0.717) is 0 Å². The largest absolute Gasteiger partial charge is 0.326 e. The average molecular weight is 321 g/mol. The highest BCUT2D eigenvalue weighted by molar-refractivity contribution is 7.16. The van der Waals surface area contributed by atoms with Crippen LogP contribution in [0.15, 0.2) is 36.4 Å². The molecule has 0 saturated heterocycles. The van der Waals surface area contributed by atoms with Crippen LogP contribution in [0.3, 0.4) is 0 Å². The molecular weight excluding hydrogens is 300 g/mol. The maximum absolute atomic E-state index is 6.29. The number of rotatable bonds is 3. The molecule has 21 heavy (non-hydrogen) atoms. The van der Waals surface area contributed by atoms with Crippen LogP contribution in [0.1, 0.15) is 29.0 Å². The SMILES string of the molecule is CC(N)C(c1ccc(Cl)s1)N1CCc2ccccc2CC1. The molecule has 1 aliphatic heterocycles. The fraction of sp³-hybridized carbons (Fsp3) is 0.412. The lowest BCUT2D eigenvalue weighted by atomic mass is 10.0. The maximum atomic E-state index is 6.29. The van der Waals surface area contributed by atoms with Crippen molar-refractivity contribution >= 4 is 22.9 Å². The molecule has 0 bridgehead atoms. The molecule has 0 spiro atoms. The number of hydrogen-bond acceptors (Lipinski definition) is 3. The second kappa shape index (κ2) is 6.49. The van der Waals surface area contributed by atoms with E-state index in [9.17, 15) is 0 Å². The number of hydrogen-bond donors (Lipinski definition) is 1. The molecule has 2 aromatic rings. The number of halogens is 1. The van der Waals surface area contributed by atoms with Crippen LogP contribution in [0.5, 0.6) is 0 Å². The predicted octanol–water partition coefficient (Wildman–Crippen LogP) is 3.89. The minimum absolute atomic E-state index is 0.0981. The summed E-state index contributed by atoms with van der Waals surface area (Å²) in [5, 5.41) is 0. The van der Waals surface area contributed by atoms with Gasteiger partial charge in [0, 0.05) is 24.0 Å². The van der Waals surface area contributed by atoms with Crippen molar-refractivity contribution in [3.05, 3.63) is 56.7 Å². The van der Waals surface area contributed by atoms with E-state index in [0.717, 1.165) is 30.3 Å². The van der Waals surface area contributed by atoms with Crippen molar-refractivity contribution in [2.45, 2.75) is 31.8 Å². The van der Waals surface area contributed by atoms with Crippen LogP contribution >= 0.6 is 22.9 Å². The molecule has 2 nitrogen and oxygen atoms in total. The monoisotopic (exact) mass is 320 g/mol. The van der Waals surface area contributed by atoms with Crippen LogP contribution in [0, 0.1) is 0 Å². The first-order valence-electron chi connectivity index (χ1n) is 7.47. The number of thiophene rings is 1. The van der Waals surface area contributed by atoms with E-state index < -0.39 is 0 Å². The molecule has 2 unspecified atom stereocenters. The average Bonchev–Trinajstić information content (AvgIpc) is 2.76. The number of nitrogens with two attached hydrogens (primary N) is 1. The van der Waals surface area contributed by atoms with E-state index >= 15 is 0 Å². The normalized spacial score (nSPS) is 18.8. The zero-order valence-corrected chi connectivity index (χ0v) is 13.8. The van der Waals surface area contributed by atoms with Gasteiger partial charge in [-0.25, -0.2) is 0 Å². The van der Waals surface area contributed by atoms with Gasteiger partial charge < -0.3 is 5.73 Å². The van der Waals surface area contributed by atoms with Gasteiger partial charge >= 0.3 is 0 Å². The number of benzene rings is 1. The molecule has 2 heterocycles. The molecule has 2 N–H and O–H groups in total. The van der Waals surface area contributed by atoms with E-state index in [4.69, 9.17) is 17.3 Å². The van der Waals surface area contributed by atoms with E-state index in [1.54, 1.807) is 11.3 Å². The molecule has 0 fully saturated rings. The minimum atomic E-state index is 0.0981. The van der Waals surface area contributed by atoms with Gasteiger partial charge in [-0.1, -0.05) is 35.9 Å². The Morgan fingerprint density at radius 1 is 1.10 bits per heavy atom. The standard InChI is InChI=1S/C17H21ClN2S/c1-12(19)17(15-6-7-16(18)21-15)20-10-8-13-4-2-3-5-14(13)9-11-20/h2-7,12,17H,8-11,19H2,1H3. The van der Waals surface area contributed by atoms with Crippen molar-refractivity contribution in [1.82, 2.24) is 4.90 Å². The minimum Gasteiger partial charge on any atom is -0.326 e. The van der Waals surface area contributed by atoms with Gasteiger partial charge in [-0.3, -0.25) is 4.90 Å². The van der Waals surface area contributed by atoms with E-state index in [2.05, 4.69) is 42.2 Å². The lowest BCUT2D eigenvalue weighted by Gasteiger charge is -2.32. The Morgan fingerprint density at radius 3 is 2.19 bits per heavy atom. The fourth-order valence-electron chi connectivity index (χ4n) is 3.22. The summed E-state index contributed by atoms with van der Waals surface area (Å²) >= 11 is 7.76. The summed E-state index contributed by atoms with van der Waals surface area (Å²) < 4.78 is 0.841. The van der Waals surface area contributed by atoms with Crippen molar-refractivity contribution in [3.8, 4) is 0 Å². The summed E-state index contributed by atoms with van der Waals surface area (Å²) in [4.78, 5) is 3.80. The fourth-order valence-corrected chi connectivity index (χ4v) is 4.53. The first-order valence-corrected chi connectivity index (χ1v) is 8.66. The molecule has 0 saturated carbocycles. The summed E-state index contributed by atoms with van der Waals surface area (Å²) in [5.74, 6) is 0. The zero-order chi connectivity index (χ0) is 14.8. The van der Waals surface area contributed by atoms with Gasteiger partial charge in [0.15, 0.2) is 0 Å². The summed E-state index contributed by atoms with van der Waals surface area (Å²) in [7, 11) is 0. The molecule has 112 valence electrons. The Labute approximate surface area is 135 Å². The summed E-state index contributed by atoms with van der Waals surface area (Å²) in [5.41, 5.74) is 9.25. The van der Waals surface area contributed by atoms with Gasteiger partial charge in [-0.15, -0.1) is 11.3 Å². The van der Waals surface area contributed by atoms with Gasteiger partial charge in [-0.05, 0) is 43.0 Å². The van der Waals surface area contributed by atoms with E-state index in [-0.39, 0.29) is 12.1 Å². The van der Waals surface area contributed by atoms with Crippen LogP contribution in [0.25, 0.3) is 0 Å². The first-order chi connectivity index (χ1) is 10.1. The molecule has 0 amide bonds. The topological polar surface area (TPSA) is 29.3 Å². The highest BCUT2D eigenvalue weighted by Gasteiger charge is 2.27. The maximum Gasteiger partial charge on any atom is 0.0931 e. The molecule has 0 aliphatic carbocycles. The number of nitrogens with zero attached hydrogens (tertiary/aromatic N) is 1. The van der Waals surface area contributed by atoms with Crippen LogP contribution in [0.2, 0.25) is 4.34 Å². The Morgan fingerprint density at radius 2 is 1.71 bits per heavy atom. The van der Waals surface area contributed by atoms with Crippen LogP contribution < -0.4 is 5.73 Å². The van der Waals surface area contributed by atoms with Gasteiger partial charge in [0.1, 0.15) is 0 Å². The summed E-state index contributed by atoms with van der Waals surface area (Å²) in [6, 6.07) is 13.2. The highest BCUT2D eigenvalue weighted by Crippen LogP contribution is 2.33. The van der Waals surface area contributed by atoms with Crippen molar-refractivity contribution < 1.29 is 0 Å². The lowest BCUT2D eigenvalue weighted by molar-refractivity contribution is 0.187. The third-order valence-corrected chi connectivity index (χ3v) is 5.53. The predicted molar refractivity (Wildman–Crippen MR) is 91.1 cm³/mol. The molecule has 1 aromatic heterocycles. The molecule has 2 atom stereocenters. The Bertz CT molecular complexity index is 581. The van der Waals surface area contributed by atoms with Crippen molar-refractivity contribution in [2.24, 2.45) is 5.73 Å². The molecule has 1 aromatic carbocycles. The van der Waals surface area contributed by atoms with Crippen LogP contribution in [-0.2, 0) is 12.8 Å². The Balaban J connectivity index is 1.82. The molecular formula is C17H21ClN2S. The van der Waals surface area contributed by atoms with E-state index in [1.165, 1.54) is 16.0 Å². The molecule has 0 radical (unpaired) electrons. The van der Waals surface area contributed by atoms with Gasteiger partial charge in [0.05, 0.1) is 10.4 Å². The summed E-state index contributed by atoms with van der Waals surface area (Å²) in [6.07, 6.45) is 2.19. The van der Waals surface area contributed by atoms with Crippen LogP contribution in [0.4, 0.5) is 0 Å². The van der Waals surface area contributed by atoms with E-state index in [1.807, 2.05) is 6.07 Å². The molecule has 1 aliphatic rings. The smallest absolute Gasteiger partial charge is 0.0931 e. The molecule has 3 rings (SSSR count). The van der Waals surface area contributed by atoms with Crippen molar-refractivity contribution in [3.63, 3.8) is 0 Å². The summed E-state index contributed by atoms with van der Waals surface area (Å²) in [6.45, 7) is 4.20. The highest BCUT2D eigenvalue weighted by atomic mass is 35.5. The van der Waals surface area contributed by atoms with Gasteiger partial charge in [-0.2, -0.15) is 0 Å². The third kappa shape index (κ3) is 3.32. The molecule has 4 heteroatoms. The van der Waals surface area contributed by atoms with Crippen molar-refractivity contribution in [2.75, 3.05) is 13.1 Å². The second-order valence-corrected chi connectivity index (χ2v) is 7.50. The Kier molecular flexibility index (Phi) is 4.65. The number of fused-ring (bicyclic) bond motifs is 1. The first kappa shape index (κ1) is 15.0. The van der Waals surface area contributed by atoms with Gasteiger partial charge in [0.2, 0.25) is 0 Å².